The molecule has 0 radical (unpaired) electrons. The number of benzene rings is 2. The van der Waals surface area contributed by atoms with Crippen molar-refractivity contribution >= 4 is 21.6 Å². The highest BCUT2D eigenvalue weighted by molar-refractivity contribution is 7.89. The molecular weight excluding hydrogens is 324 g/mol. The topological polar surface area (TPSA) is 66.5 Å². The Morgan fingerprint density at radius 2 is 1.88 bits per heavy atom. The van der Waals surface area contributed by atoms with Crippen molar-refractivity contribution in [1.29, 1.82) is 0 Å². The number of amides is 1. The predicted octanol–water partition coefficient (Wildman–Crippen LogP) is 2.60. The average Bonchev–Trinajstić information content (AvgIpc) is 2.99. The zero-order valence-electron chi connectivity index (χ0n) is 13.5. The molecule has 1 aliphatic rings. The van der Waals surface area contributed by atoms with Crippen LogP contribution in [0.4, 0.5) is 5.69 Å². The van der Waals surface area contributed by atoms with Crippen LogP contribution in [0, 0.1) is 6.92 Å². The lowest BCUT2D eigenvalue weighted by atomic mass is 10.1. The van der Waals surface area contributed by atoms with Gasteiger partial charge in [-0.05, 0) is 43.2 Å². The first-order valence-electron chi connectivity index (χ1n) is 7.91. The maximum absolute atomic E-state index is 12.4. The van der Waals surface area contributed by atoms with Gasteiger partial charge in [0.15, 0.2) is 0 Å². The third-order valence-electron chi connectivity index (χ3n) is 4.08. The van der Waals surface area contributed by atoms with Gasteiger partial charge in [-0.25, -0.2) is 13.1 Å². The molecule has 1 N–H and O–H groups in total. The van der Waals surface area contributed by atoms with Crippen LogP contribution in [0.3, 0.4) is 0 Å². The van der Waals surface area contributed by atoms with Gasteiger partial charge in [-0.2, -0.15) is 0 Å². The minimum Gasteiger partial charge on any atom is -0.312 e. The van der Waals surface area contributed by atoms with Gasteiger partial charge in [0.05, 0.1) is 4.90 Å². The first-order valence-corrected chi connectivity index (χ1v) is 9.40. The average molecular weight is 344 g/mol. The van der Waals surface area contributed by atoms with E-state index in [0.29, 0.717) is 13.0 Å². The van der Waals surface area contributed by atoms with E-state index in [2.05, 4.69) is 4.72 Å². The van der Waals surface area contributed by atoms with Gasteiger partial charge in [0.25, 0.3) is 0 Å². The van der Waals surface area contributed by atoms with Crippen molar-refractivity contribution in [3.63, 3.8) is 0 Å². The molecule has 0 aliphatic carbocycles. The summed E-state index contributed by atoms with van der Waals surface area (Å²) in [6.07, 6.45) is 1.40. The third kappa shape index (κ3) is 3.66. The van der Waals surface area contributed by atoms with Crippen LogP contribution in [0.5, 0.6) is 0 Å². The van der Waals surface area contributed by atoms with Crippen LogP contribution in [0.2, 0.25) is 0 Å². The Labute approximate surface area is 142 Å². The summed E-state index contributed by atoms with van der Waals surface area (Å²) in [4.78, 5) is 13.6. The van der Waals surface area contributed by atoms with Crippen molar-refractivity contribution in [3.05, 3.63) is 59.7 Å². The Balaban J connectivity index is 1.71. The van der Waals surface area contributed by atoms with Crippen molar-refractivity contribution in [1.82, 2.24) is 4.72 Å². The monoisotopic (exact) mass is 344 g/mol. The minimum absolute atomic E-state index is 0.0863. The fourth-order valence-corrected chi connectivity index (χ4v) is 3.83. The summed E-state index contributed by atoms with van der Waals surface area (Å²) in [5.41, 5.74) is 2.75. The number of hydrogen-bond donors (Lipinski definition) is 1. The van der Waals surface area contributed by atoms with E-state index in [9.17, 15) is 13.2 Å². The standard InChI is InChI=1S/C18H20N2O3S/c1-14-4-2-5-15(12-14)13-19-24(22,23)17-9-7-16(8-10-17)20-11-3-6-18(20)21/h2,4-5,7-10,12,19H,3,6,11,13H2,1H3. The van der Waals surface area contributed by atoms with Crippen LogP contribution >= 0.6 is 0 Å². The van der Waals surface area contributed by atoms with Crippen LogP contribution in [-0.4, -0.2) is 20.9 Å². The minimum atomic E-state index is -3.58. The van der Waals surface area contributed by atoms with Crippen molar-refractivity contribution in [2.24, 2.45) is 0 Å². The van der Waals surface area contributed by atoms with E-state index >= 15 is 0 Å². The quantitative estimate of drug-likeness (QED) is 0.907. The fourth-order valence-electron chi connectivity index (χ4n) is 2.81. The van der Waals surface area contributed by atoms with Gasteiger partial charge in [0.1, 0.15) is 0 Å². The number of aryl methyl sites for hydroxylation is 1. The van der Waals surface area contributed by atoms with Crippen molar-refractivity contribution in [2.75, 3.05) is 11.4 Å². The van der Waals surface area contributed by atoms with E-state index in [0.717, 1.165) is 23.2 Å². The second-order valence-electron chi connectivity index (χ2n) is 5.96. The molecule has 0 atom stereocenters. The number of anilines is 1. The van der Waals surface area contributed by atoms with Crippen LogP contribution in [0.1, 0.15) is 24.0 Å². The number of nitrogens with zero attached hydrogens (tertiary/aromatic N) is 1. The zero-order valence-corrected chi connectivity index (χ0v) is 14.3. The lowest BCUT2D eigenvalue weighted by Crippen LogP contribution is -2.25. The SMILES string of the molecule is Cc1cccc(CNS(=O)(=O)c2ccc(N3CCCC3=O)cc2)c1. The molecule has 3 rings (SSSR count). The maximum atomic E-state index is 12.4. The van der Waals surface area contributed by atoms with Gasteiger partial charge < -0.3 is 4.90 Å². The normalized spacial score (nSPS) is 15.0. The van der Waals surface area contributed by atoms with Crippen LogP contribution in [0.25, 0.3) is 0 Å². The highest BCUT2D eigenvalue weighted by Gasteiger charge is 2.22. The lowest BCUT2D eigenvalue weighted by Gasteiger charge is -2.16. The summed E-state index contributed by atoms with van der Waals surface area (Å²) >= 11 is 0. The number of carbonyl (C=O) groups is 1. The number of hydrogen-bond acceptors (Lipinski definition) is 3. The van der Waals surface area contributed by atoms with Gasteiger partial charge in [-0.15, -0.1) is 0 Å². The predicted molar refractivity (Wildman–Crippen MR) is 93.2 cm³/mol. The Hall–Kier alpha value is -2.18. The van der Waals surface area contributed by atoms with Crippen molar-refractivity contribution < 1.29 is 13.2 Å². The van der Waals surface area contributed by atoms with E-state index in [1.807, 2.05) is 31.2 Å². The molecule has 1 heterocycles. The molecule has 2 aromatic rings. The molecular formula is C18H20N2O3S. The van der Waals surface area contributed by atoms with Crippen molar-refractivity contribution in [2.45, 2.75) is 31.2 Å². The van der Waals surface area contributed by atoms with E-state index in [1.54, 1.807) is 29.2 Å². The summed E-state index contributed by atoms with van der Waals surface area (Å²) in [5, 5.41) is 0. The Morgan fingerprint density at radius 3 is 2.50 bits per heavy atom. The Kier molecular flexibility index (Phi) is 4.69. The number of carbonyl (C=O) groups excluding carboxylic acids is 1. The highest BCUT2D eigenvalue weighted by atomic mass is 32.2. The summed E-state index contributed by atoms with van der Waals surface area (Å²) in [7, 11) is -3.58. The largest absolute Gasteiger partial charge is 0.312 e. The Morgan fingerprint density at radius 1 is 1.12 bits per heavy atom. The molecule has 0 bridgehead atoms. The molecule has 6 heteroatoms. The van der Waals surface area contributed by atoms with E-state index in [1.165, 1.54) is 0 Å². The summed E-state index contributed by atoms with van der Waals surface area (Å²) in [6, 6.07) is 14.2. The Bertz CT molecular complexity index is 845. The van der Waals surface area contributed by atoms with Gasteiger partial charge >= 0.3 is 0 Å². The molecule has 2 aromatic carbocycles. The fraction of sp³-hybridized carbons (Fsp3) is 0.278. The highest BCUT2D eigenvalue weighted by Crippen LogP contribution is 2.23. The molecule has 0 saturated carbocycles. The number of sulfonamides is 1. The van der Waals surface area contributed by atoms with E-state index < -0.39 is 10.0 Å². The summed E-state index contributed by atoms with van der Waals surface area (Å²) < 4.78 is 27.4. The smallest absolute Gasteiger partial charge is 0.240 e. The molecule has 0 spiro atoms. The molecule has 1 fully saturated rings. The first kappa shape index (κ1) is 16.7. The van der Waals surface area contributed by atoms with Gasteiger partial charge in [-0.3, -0.25) is 4.79 Å². The molecule has 0 unspecified atom stereocenters. The molecule has 5 nitrogen and oxygen atoms in total. The van der Waals surface area contributed by atoms with Gasteiger partial charge in [0.2, 0.25) is 15.9 Å². The lowest BCUT2D eigenvalue weighted by molar-refractivity contribution is -0.117. The molecule has 0 aromatic heterocycles. The number of nitrogens with one attached hydrogen (secondary N) is 1. The summed E-state index contributed by atoms with van der Waals surface area (Å²) in [6.45, 7) is 2.91. The third-order valence-corrected chi connectivity index (χ3v) is 5.50. The van der Waals surface area contributed by atoms with E-state index in [4.69, 9.17) is 0 Å². The summed E-state index contributed by atoms with van der Waals surface area (Å²) in [5.74, 6) is 0.0863. The number of rotatable bonds is 5. The maximum Gasteiger partial charge on any atom is 0.240 e. The molecule has 1 amide bonds. The molecule has 24 heavy (non-hydrogen) atoms. The van der Waals surface area contributed by atoms with Crippen molar-refractivity contribution in [3.8, 4) is 0 Å². The molecule has 1 aliphatic heterocycles. The second kappa shape index (κ2) is 6.75. The van der Waals surface area contributed by atoms with E-state index in [-0.39, 0.29) is 17.3 Å². The zero-order chi connectivity index (χ0) is 17.2. The molecule has 1 saturated heterocycles. The molecule has 126 valence electrons. The van der Waals surface area contributed by atoms with Gasteiger partial charge in [-0.1, -0.05) is 29.8 Å². The van der Waals surface area contributed by atoms with Crippen LogP contribution in [-0.2, 0) is 21.4 Å². The second-order valence-corrected chi connectivity index (χ2v) is 7.72. The first-order chi connectivity index (χ1) is 11.5. The van der Waals surface area contributed by atoms with Crippen LogP contribution < -0.4 is 9.62 Å². The van der Waals surface area contributed by atoms with Crippen LogP contribution in [0.15, 0.2) is 53.4 Å². The van der Waals surface area contributed by atoms with Gasteiger partial charge in [0, 0.05) is 25.2 Å².